The van der Waals surface area contributed by atoms with E-state index in [9.17, 15) is 0 Å². The Morgan fingerprint density at radius 2 is 1.17 bits per heavy atom. The van der Waals surface area contributed by atoms with Crippen molar-refractivity contribution in [3.8, 4) is 0 Å². The first-order chi connectivity index (χ1) is 14.2. The van der Waals surface area contributed by atoms with Gasteiger partial charge in [-0.15, -0.1) is 0 Å². The topological polar surface area (TPSA) is 18.5 Å². The summed E-state index contributed by atoms with van der Waals surface area (Å²) in [7, 11) is -2.52. The molecule has 6 atom stereocenters. The molecule has 2 aliphatic carbocycles. The lowest BCUT2D eigenvalue weighted by atomic mass is 9.75. The number of benzene rings is 1. The Morgan fingerprint density at radius 3 is 1.57 bits per heavy atom. The van der Waals surface area contributed by atoms with E-state index in [0.29, 0.717) is 35.9 Å². The van der Waals surface area contributed by atoms with Crippen LogP contribution in [-0.2, 0) is 8.85 Å². The van der Waals surface area contributed by atoms with E-state index in [1.807, 2.05) is 0 Å². The summed E-state index contributed by atoms with van der Waals surface area (Å²) >= 11 is 0. The second kappa shape index (κ2) is 10.3. The molecule has 170 valence electrons. The second-order valence-corrected chi connectivity index (χ2v) is 14.2. The third-order valence-corrected chi connectivity index (χ3v) is 10.8. The van der Waals surface area contributed by atoms with Gasteiger partial charge in [-0.05, 0) is 85.8 Å². The summed E-state index contributed by atoms with van der Waals surface area (Å²) in [5, 5.41) is 1.30. The van der Waals surface area contributed by atoms with E-state index in [1.54, 1.807) is 0 Å². The van der Waals surface area contributed by atoms with Gasteiger partial charge in [0.1, 0.15) is 0 Å². The van der Waals surface area contributed by atoms with Crippen LogP contribution in [-0.4, -0.2) is 20.8 Å². The first kappa shape index (κ1) is 24.0. The lowest BCUT2D eigenvalue weighted by Gasteiger charge is -2.45. The van der Waals surface area contributed by atoms with E-state index in [2.05, 4.69) is 78.4 Å². The smallest absolute Gasteiger partial charge is 0.369 e. The summed E-state index contributed by atoms with van der Waals surface area (Å²) in [6.45, 7) is 16.6. The molecule has 0 saturated heterocycles. The summed E-state index contributed by atoms with van der Waals surface area (Å²) < 4.78 is 14.3. The molecule has 2 nitrogen and oxygen atoms in total. The number of rotatable bonds is 7. The summed E-state index contributed by atoms with van der Waals surface area (Å²) in [4.78, 5) is 0. The predicted molar refractivity (Wildman–Crippen MR) is 130 cm³/mol. The molecule has 3 rings (SSSR count). The minimum atomic E-state index is -2.52. The molecule has 6 unspecified atom stereocenters. The fourth-order valence-corrected chi connectivity index (χ4v) is 8.84. The molecule has 1 aromatic rings. The van der Waals surface area contributed by atoms with E-state index in [-0.39, 0.29) is 0 Å². The van der Waals surface area contributed by atoms with Crippen molar-refractivity contribution < 1.29 is 8.85 Å². The molecular weight excluding hydrogens is 384 g/mol. The van der Waals surface area contributed by atoms with E-state index in [1.165, 1.54) is 43.7 Å². The van der Waals surface area contributed by atoms with Crippen LogP contribution in [0.3, 0.4) is 0 Å². The van der Waals surface area contributed by atoms with Gasteiger partial charge in [-0.25, -0.2) is 0 Å². The van der Waals surface area contributed by atoms with Gasteiger partial charge in [-0.1, -0.05) is 71.9 Å². The molecule has 30 heavy (non-hydrogen) atoms. The molecular formula is C27H46O2Si. The van der Waals surface area contributed by atoms with Gasteiger partial charge >= 0.3 is 8.56 Å². The van der Waals surface area contributed by atoms with Crippen LogP contribution in [0.2, 0.25) is 6.55 Å². The SMILES string of the molecule is CC1CCC(O[Si](C)(OC2CCC(C)CC2C(C)C)c2ccccc2)C(C(C)C)C1. The molecule has 0 radical (unpaired) electrons. The van der Waals surface area contributed by atoms with E-state index in [4.69, 9.17) is 8.85 Å². The van der Waals surface area contributed by atoms with Crippen molar-refractivity contribution in [2.24, 2.45) is 35.5 Å². The lowest BCUT2D eigenvalue weighted by Crippen LogP contribution is -2.58. The van der Waals surface area contributed by atoms with Crippen LogP contribution in [0.1, 0.15) is 80.1 Å². The quantitative estimate of drug-likeness (QED) is 0.437. The summed E-state index contributed by atoms with van der Waals surface area (Å²) in [5.74, 6) is 4.22. The highest BCUT2D eigenvalue weighted by Gasteiger charge is 2.45. The average Bonchev–Trinajstić information content (AvgIpc) is 2.71. The van der Waals surface area contributed by atoms with Crippen molar-refractivity contribution in [1.82, 2.24) is 0 Å². The van der Waals surface area contributed by atoms with Crippen molar-refractivity contribution in [3.63, 3.8) is 0 Å². The maximum absolute atomic E-state index is 7.16. The van der Waals surface area contributed by atoms with Crippen LogP contribution in [0.5, 0.6) is 0 Å². The normalized spacial score (nSPS) is 34.8. The Morgan fingerprint density at radius 1 is 0.733 bits per heavy atom. The molecule has 0 aromatic heterocycles. The second-order valence-electron chi connectivity index (χ2n) is 11.3. The van der Waals surface area contributed by atoms with Gasteiger partial charge in [0.2, 0.25) is 0 Å². The maximum Gasteiger partial charge on any atom is 0.369 e. The maximum atomic E-state index is 7.16. The minimum Gasteiger partial charge on any atom is -0.388 e. The average molecular weight is 431 g/mol. The van der Waals surface area contributed by atoms with Gasteiger partial charge in [-0.2, -0.15) is 0 Å². The highest BCUT2D eigenvalue weighted by molar-refractivity contribution is 6.80. The summed E-state index contributed by atoms with van der Waals surface area (Å²) in [5.41, 5.74) is 0. The van der Waals surface area contributed by atoms with Crippen molar-refractivity contribution in [2.45, 2.75) is 98.8 Å². The minimum absolute atomic E-state index is 0.332. The molecule has 0 bridgehead atoms. The van der Waals surface area contributed by atoms with E-state index < -0.39 is 8.56 Å². The lowest BCUT2D eigenvalue weighted by molar-refractivity contribution is -0.0185. The fourth-order valence-electron chi connectivity index (χ4n) is 5.97. The number of hydrogen-bond acceptors (Lipinski definition) is 2. The van der Waals surface area contributed by atoms with Gasteiger partial charge in [0.25, 0.3) is 0 Å². The van der Waals surface area contributed by atoms with Crippen molar-refractivity contribution in [3.05, 3.63) is 30.3 Å². The third kappa shape index (κ3) is 5.78. The molecule has 2 fully saturated rings. The summed E-state index contributed by atoms with van der Waals surface area (Å²) in [6.07, 6.45) is 8.16. The Bertz CT molecular complexity index is 610. The molecule has 1 aromatic carbocycles. The zero-order valence-corrected chi connectivity index (χ0v) is 21.6. The largest absolute Gasteiger partial charge is 0.388 e. The van der Waals surface area contributed by atoms with Crippen LogP contribution in [0.25, 0.3) is 0 Å². The third-order valence-electron chi connectivity index (χ3n) is 7.96. The zero-order chi connectivity index (χ0) is 21.9. The first-order valence-electron chi connectivity index (χ1n) is 12.6. The van der Waals surface area contributed by atoms with Gasteiger partial charge in [0.05, 0.1) is 12.2 Å². The van der Waals surface area contributed by atoms with Crippen LogP contribution in [0, 0.1) is 35.5 Å². The monoisotopic (exact) mass is 430 g/mol. The standard InChI is InChI=1S/C27H46O2Si/c1-19(2)24-17-21(5)13-15-26(24)28-30(7,23-11-9-8-10-12-23)29-27-16-14-22(6)18-25(27)20(3)4/h8-12,19-22,24-27H,13-18H2,1-7H3. The molecule has 0 N–H and O–H groups in total. The van der Waals surface area contributed by atoms with Gasteiger partial charge in [0.15, 0.2) is 0 Å². The van der Waals surface area contributed by atoms with Crippen molar-refractivity contribution in [2.75, 3.05) is 0 Å². The molecule has 2 aliphatic rings. The number of hydrogen-bond donors (Lipinski definition) is 0. The van der Waals surface area contributed by atoms with Gasteiger partial charge in [0, 0.05) is 0 Å². The van der Waals surface area contributed by atoms with Gasteiger partial charge < -0.3 is 8.85 Å². The Kier molecular flexibility index (Phi) is 8.26. The Hall–Kier alpha value is -0.643. The highest BCUT2D eigenvalue weighted by Crippen LogP contribution is 2.40. The Balaban J connectivity index is 1.86. The zero-order valence-electron chi connectivity index (χ0n) is 20.6. The molecule has 0 aliphatic heterocycles. The van der Waals surface area contributed by atoms with Crippen LogP contribution >= 0.6 is 0 Å². The van der Waals surface area contributed by atoms with E-state index >= 15 is 0 Å². The van der Waals surface area contributed by atoms with Crippen LogP contribution in [0.4, 0.5) is 0 Å². The fraction of sp³-hybridized carbons (Fsp3) is 0.778. The Labute approximate surface area is 187 Å². The van der Waals surface area contributed by atoms with Crippen LogP contribution < -0.4 is 5.19 Å². The first-order valence-corrected chi connectivity index (χ1v) is 14.9. The highest BCUT2D eigenvalue weighted by atomic mass is 28.4. The van der Waals surface area contributed by atoms with Crippen LogP contribution in [0.15, 0.2) is 30.3 Å². The molecule has 0 spiro atoms. The van der Waals surface area contributed by atoms with Gasteiger partial charge in [-0.3, -0.25) is 0 Å². The summed E-state index contributed by atoms with van der Waals surface area (Å²) in [6, 6.07) is 10.9. The predicted octanol–water partition coefficient (Wildman–Crippen LogP) is 6.92. The molecule has 2 saturated carbocycles. The van der Waals surface area contributed by atoms with Crippen molar-refractivity contribution >= 4 is 13.7 Å². The van der Waals surface area contributed by atoms with Crippen molar-refractivity contribution in [1.29, 1.82) is 0 Å². The molecule has 0 heterocycles. The molecule has 0 amide bonds. The van der Waals surface area contributed by atoms with E-state index in [0.717, 1.165) is 11.8 Å². The molecule has 3 heteroatoms.